The highest BCUT2D eigenvalue weighted by Crippen LogP contribution is 2.37. The smallest absolute Gasteiger partial charge is 0.416 e. The number of hydrogen-bond acceptors (Lipinski definition) is 4. The number of halogens is 6. The molecule has 1 aromatic heterocycles. The minimum absolute atomic E-state index is 0.00101. The lowest BCUT2D eigenvalue weighted by Crippen LogP contribution is -2.16. The van der Waals surface area contributed by atoms with Gasteiger partial charge in [-0.1, -0.05) is 36.0 Å². The first kappa shape index (κ1) is 23.7. The number of benzene rings is 3. The standard InChI is InChI=1S/C23H14F6N2O2S/c24-22(25,26)15-9-16(23(27,28)29)11-17(10-15)30-20(32)14-7-5-13(6-8-14)12-34-21-31-18-3-1-2-4-19(18)33-21/h1-11H,12H2,(H,30,32). The van der Waals surface area contributed by atoms with Gasteiger partial charge in [0.1, 0.15) is 5.52 Å². The number of alkyl halides is 6. The maximum Gasteiger partial charge on any atom is 0.416 e. The van der Waals surface area contributed by atoms with Crippen LogP contribution in [0.25, 0.3) is 11.1 Å². The average Bonchev–Trinajstić information content (AvgIpc) is 3.20. The number of nitrogens with zero attached hydrogens (tertiary/aromatic N) is 1. The van der Waals surface area contributed by atoms with Crippen molar-refractivity contribution in [2.24, 2.45) is 0 Å². The average molecular weight is 496 g/mol. The van der Waals surface area contributed by atoms with Gasteiger partial charge in [0, 0.05) is 17.0 Å². The number of nitrogens with one attached hydrogen (secondary N) is 1. The van der Waals surface area contributed by atoms with Gasteiger partial charge in [-0.3, -0.25) is 4.79 Å². The van der Waals surface area contributed by atoms with E-state index in [4.69, 9.17) is 4.42 Å². The number of thioether (sulfide) groups is 1. The van der Waals surface area contributed by atoms with Crippen molar-refractivity contribution < 1.29 is 35.6 Å². The number of carbonyl (C=O) groups excluding carboxylic acids is 1. The highest BCUT2D eigenvalue weighted by molar-refractivity contribution is 7.98. The predicted octanol–water partition coefficient (Wildman–Crippen LogP) is 7.41. The number of carbonyl (C=O) groups is 1. The molecule has 176 valence electrons. The Morgan fingerprint density at radius 3 is 2.09 bits per heavy atom. The van der Waals surface area contributed by atoms with Crippen molar-refractivity contribution in [1.82, 2.24) is 4.98 Å². The Balaban J connectivity index is 1.45. The molecule has 34 heavy (non-hydrogen) atoms. The molecule has 3 aromatic carbocycles. The number of fused-ring (bicyclic) bond motifs is 1. The molecule has 0 aliphatic heterocycles. The normalized spacial score (nSPS) is 12.2. The van der Waals surface area contributed by atoms with Crippen LogP contribution < -0.4 is 5.32 Å². The highest BCUT2D eigenvalue weighted by atomic mass is 32.2. The highest BCUT2D eigenvalue weighted by Gasteiger charge is 2.37. The summed E-state index contributed by atoms with van der Waals surface area (Å²) in [5.41, 5.74) is -1.37. The van der Waals surface area contributed by atoms with Crippen LogP contribution in [0.4, 0.5) is 32.0 Å². The van der Waals surface area contributed by atoms with Gasteiger partial charge in [-0.2, -0.15) is 26.3 Å². The Morgan fingerprint density at radius 1 is 0.882 bits per heavy atom. The molecule has 1 amide bonds. The fourth-order valence-electron chi connectivity index (χ4n) is 3.04. The summed E-state index contributed by atoms with van der Waals surface area (Å²) in [6.07, 6.45) is -10.0. The molecule has 0 bridgehead atoms. The maximum absolute atomic E-state index is 13.0. The second-order valence-electron chi connectivity index (χ2n) is 7.18. The second-order valence-corrected chi connectivity index (χ2v) is 8.11. The Kier molecular flexibility index (Phi) is 6.30. The van der Waals surface area contributed by atoms with Gasteiger partial charge in [0.05, 0.1) is 11.1 Å². The summed E-state index contributed by atoms with van der Waals surface area (Å²) in [5, 5.41) is 2.57. The van der Waals surface area contributed by atoms with Crippen molar-refractivity contribution in [3.8, 4) is 0 Å². The Bertz CT molecular complexity index is 1260. The van der Waals surface area contributed by atoms with Crippen molar-refractivity contribution in [2.75, 3.05) is 5.32 Å². The van der Waals surface area contributed by atoms with E-state index in [1.807, 2.05) is 18.2 Å². The Labute approximate surface area is 193 Å². The fraction of sp³-hybridized carbons (Fsp3) is 0.130. The molecule has 11 heteroatoms. The fourth-order valence-corrected chi connectivity index (χ4v) is 3.83. The molecule has 0 unspecified atom stereocenters. The molecule has 0 saturated carbocycles. The summed E-state index contributed by atoms with van der Waals surface area (Å²) in [6, 6.07) is 14.3. The molecule has 0 saturated heterocycles. The molecule has 0 aliphatic rings. The first-order valence-corrected chi connectivity index (χ1v) is 10.7. The lowest BCUT2D eigenvalue weighted by atomic mass is 10.1. The zero-order chi connectivity index (χ0) is 24.5. The van der Waals surface area contributed by atoms with Gasteiger partial charge in [0.15, 0.2) is 5.58 Å². The van der Waals surface area contributed by atoms with E-state index in [2.05, 4.69) is 10.3 Å². The molecule has 1 N–H and O–H groups in total. The number of aromatic nitrogens is 1. The molecule has 4 rings (SSSR count). The lowest BCUT2D eigenvalue weighted by molar-refractivity contribution is -0.143. The van der Waals surface area contributed by atoms with Gasteiger partial charge in [-0.25, -0.2) is 4.98 Å². The van der Waals surface area contributed by atoms with Crippen LogP contribution in [-0.2, 0) is 18.1 Å². The molecule has 0 spiro atoms. The van der Waals surface area contributed by atoms with E-state index >= 15 is 0 Å². The van der Waals surface area contributed by atoms with E-state index in [-0.39, 0.29) is 11.6 Å². The van der Waals surface area contributed by atoms with E-state index in [1.54, 1.807) is 18.2 Å². The van der Waals surface area contributed by atoms with Crippen LogP contribution in [0.15, 0.2) is 76.4 Å². The predicted molar refractivity (Wildman–Crippen MR) is 114 cm³/mol. The van der Waals surface area contributed by atoms with Crippen LogP contribution in [-0.4, -0.2) is 10.9 Å². The van der Waals surface area contributed by atoms with Crippen molar-refractivity contribution in [3.05, 3.63) is 89.0 Å². The third-order valence-electron chi connectivity index (χ3n) is 4.70. The van der Waals surface area contributed by atoms with Gasteiger partial charge in [0.2, 0.25) is 0 Å². The first-order chi connectivity index (χ1) is 16.0. The van der Waals surface area contributed by atoms with Crippen LogP contribution in [0, 0.1) is 0 Å². The summed E-state index contributed by atoms with van der Waals surface area (Å²) in [5.74, 6) is -0.372. The van der Waals surface area contributed by atoms with Gasteiger partial charge in [-0.15, -0.1) is 0 Å². The summed E-state index contributed by atoms with van der Waals surface area (Å²) in [6.45, 7) is 0. The topological polar surface area (TPSA) is 55.1 Å². The van der Waals surface area contributed by atoms with Crippen molar-refractivity contribution >= 4 is 34.5 Å². The number of hydrogen-bond donors (Lipinski definition) is 1. The van der Waals surface area contributed by atoms with Crippen molar-refractivity contribution in [3.63, 3.8) is 0 Å². The van der Waals surface area contributed by atoms with E-state index < -0.39 is 35.1 Å². The van der Waals surface area contributed by atoms with Crippen molar-refractivity contribution in [1.29, 1.82) is 0 Å². The lowest BCUT2D eigenvalue weighted by Gasteiger charge is -2.15. The first-order valence-electron chi connectivity index (χ1n) is 9.67. The molecule has 4 aromatic rings. The Hall–Kier alpha value is -3.47. The zero-order valence-corrected chi connectivity index (χ0v) is 17.8. The van der Waals surface area contributed by atoms with Gasteiger partial charge in [-0.05, 0) is 48.0 Å². The van der Waals surface area contributed by atoms with Crippen LogP contribution in [0.3, 0.4) is 0 Å². The second kappa shape index (κ2) is 9.05. The largest absolute Gasteiger partial charge is 0.431 e. The van der Waals surface area contributed by atoms with Crippen LogP contribution in [0.1, 0.15) is 27.0 Å². The number of oxazole rings is 1. The molecule has 0 radical (unpaired) electrons. The molecule has 1 heterocycles. The molecule has 4 nitrogen and oxygen atoms in total. The van der Waals surface area contributed by atoms with Crippen LogP contribution >= 0.6 is 11.8 Å². The van der Waals surface area contributed by atoms with E-state index in [9.17, 15) is 31.1 Å². The number of para-hydroxylation sites is 2. The van der Waals surface area contributed by atoms with Gasteiger partial charge >= 0.3 is 12.4 Å². The molecular weight excluding hydrogens is 482 g/mol. The summed E-state index contributed by atoms with van der Waals surface area (Å²) in [7, 11) is 0. The quantitative estimate of drug-likeness (QED) is 0.231. The van der Waals surface area contributed by atoms with E-state index in [0.717, 1.165) is 11.1 Å². The van der Waals surface area contributed by atoms with Crippen LogP contribution in [0.5, 0.6) is 0 Å². The van der Waals surface area contributed by atoms with Gasteiger partial charge < -0.3 is 9.73 Å². The minimum Gasteiger partial charge on any atom is -0.431 e. The SMILES string of the molecule is O=C(Nc1cc(C(F)(F)F)cc(C(F)(F)F)c1)c1ccc(CSc2nc3ccccc3o2)cc1. The van der Waals surface area contributed by atoms with Gasteiger partial charge in [0.25, 0.3) is 11.1 Å². The third kappa shape index (κ3) is 5.53. The van der Waals surface area contributed by atoms with E-state index in [1.165, 1.54) is 23.9 Å². The number of amides is 1. The number of rotatable bonds is 5. The Morgan fingerprint density at radius 2 is 1.50 bits per heavy atom. The molecular formula is C23H14F6N2O2S. The molecule has 0 aliphatic carbocycles. The number of anilines is 1. The third-order valence-corrected chi connectivity index (χ3v) is 5.60. The van der Waals surface area contributed by atoms with Crippen LogP contribution in [0.2, 0.25) is 0 Å². The molecule has 0 atom stereocenters. The maximum atomic E-state index is 13.0. The minimum atomic E-state index is -5.01. The van der Waals surface area contributed by atoms with Crippen molar-refractivity contribution in [2.45, 2.75) is 23.3 Å². The zero-order valence-electron chi connectivity index (χ0n) is 17.0. The summed E-state index contributed by atoms with van der Waals surface area (Å²) >= 11 is 1.33. The monoisotopic (exact) mass is 496 g/mol. The summed E-state index contributed by atoms with van der Waals surface area (Å²) in [4.78, 5) is 16.8. The summed E-state index contributed by atoms with van der Waals surface area (Å²) < 4.78 is 83.6. The van der Waals surface area contributed by atoms with E-state index in [0.29, 0.717) is 28.7 Å². The molecule has 0 fully saturated rings.